The maximum atomic E-state index is 12.5. The number of guanidine groups is 1. The van der Waals surface area contributed by atoms with E-state index in [2.05, 4.69) is 29.5 Å². The molecule has 2 N–H and O–H groups in total. The summed E-state index contributed by atoms with van der Waals surface area (Å²) >= 11 is 0. The lowest BCUT2D eigenvalue weighted by molar-refractivity contribution is 0.0724. The maximum absolute atomic E-state index is 12.5. The number of hydrogen-bond acceptors (Lipinski definition) is 2. The number of piperidine rings is 1. The normalized spacial score (nSPS) is 14.9. The largest absolute Gasteiger partial charge is 0.357 e. The van der Waals surface area contributed by atoms with Gasteiger partial charge in [0.25, 0.3) is 5.91 Å². The molecule has 1 heterocycles. The molecule has 1 aromatic carbocycles. The van der Waals surface area contributed by atoms with Crippen molar-refractivity contribution in [3.05, 3.63) is 35.4 Å². The number of rotatable bonds is 9. The third-order valence-electron chi connectivity index (χ3n) is 4.93. The Morgan fingerprint density at radius 1 is 1.00 bits per heavy atom. The van der Waals surface area contributed by atoms with Crippen LogP contribution in [0.3, 0.4) is 0 Å². The van der Waals surface area contributed by atoms with E-state index < -0.39 is 0 Å². The van der Waals surface area contributed by atoms with Crippen molar-refractivity contribution >= 4 is 11.9 Å². The lowest BCUT2D eigenvalue weighted by atomic mass is 10.1. The molecule has 0 atom stereocenters. The summed E-state index contributed by atoms with van der Waals surface area (Å²) in [7, 11) is 0. The highest BCUT2D eigenvalue weighted by atomic mass is 16.2. The van der Waals surface area contributed by atoms with Crippen LogP contribution in [0.2, 0.25) is 0 Å². The first-order chi connectivity index (χ1) is 13.2. The molecular weight excluding hydrogens is 336 g/mol. The third kappa shape index (κ3) is 7.61. The number of likely N-dealkylation sites (tertiary alicyclic amines) is 1. The molecule has 0 bridgehead atoms. The highest BCUT2D eigenvalue weighted by Crippen LogP contribution is 2.14. The number of carbonyl (C=O) groups excluding carboxylic acids is 1. The molecule has 1 saturated heterocycles. The van der Waals surface area contributed by atoms with Gasteiger partial charge < -0.3 is 15.5 Å². The summed E-state index contributed by atoms with van der Waals surface area (Å²) in [4.78, 5) is 19.2. The minimum Gasteiger partial charge on any atom is -0.357 e. The summed E-state index contributed by atoms with van der Waals surface area (Å²) in [6.45, 7) is 8.50. The molecule has 1 aliphatic rings. The molecule has 5 heteroatoms. The fourth-order valence-electron chi connectivity index (χ4n) is 3.30. The maximum Gasteiger partial charge on any atom is 0.253 e. The van der Waals surface area contributed by atoms with Crippen molar-refractivity contribution in [3.8, 4) is 0 Å². The summed E-state index contributed by atoms with van der Waals surface area (Å²) < 4.78 is 0. The molecule has 0 spiro atoms. The highest BCUT2D eigenvalue weighted by molar-refractivity contribution is 5.94. The molecule has 1 aromatic rings. The smallest absolute Gasteiger partial charge is 0.253 e. The Morgan fingerprint density at radius 3 is 2.41 bits per heavy atom. The number of unbranched alkanes of at least 4 members (excludes halogenated alkanes) is 3. The molecule has 0 aliphatic carbocycles. The van der Waals surface area contributed by atoms with Crippen LogP contribution >= 0.6 is 0 Å². The van der Waals surface area contributed by atoms with E-state index in [9.17, 15) is 4.79 Å². The van der Waals surface area contributed by atoms with E-state index in [0.717, 1.165) is 56.1 Å². The second-order valence-corrected chi connectivity index (χ2v) is 7.23. The number of aliphatic imine (C=N–C) groups is 1. The lowest BCUT2D eigenvalue weighted by Gasteiger charge is -2.26. The van der Waals surface area contributed by atoms with Gasteiger partial charge in [-0.1, -0.05) is 38.3 Å². The molecule has 0 unspecified atom stereocenters. The molecule has 2 rings (SSSR count). The van der Waals surface area contributed by atoms with Gasteiger partial charge in [-0.3, -0.25) is 4.79 Å². The average Bonchev–Trinajstić information content (AvgIpc) is 2.72. The van der Waals surface area contributed by atoms with Crippen LogP contribution in [-0.4, -0.2) is 42.9 Å². The first kappa shape index (κ1) is 21.3. The second-order valence-electron chi connectivity index (χ2n) is 7.23. The van der Waals surface area contributed by atoms with Crippen molar-refractivity contribution in [2.24, 2.45) is 4.99 Å². The van der Waals surface area contributed by atoms with Crippen LogP contribution in [-0.2, 0) is 6.54 Å². The van der Waals surface area contributed by atoms with Crippen molar-refractivity contribution in [3.63, 3.8) is 0 Å². The average molecular weight is 373 g/mol. The fraction of sp³-hybridized carbons (Fsp3) is 0.636. The Kier molecular flexibility index (Phi) is 9.74. The van der Waals surface area contributed by atoms with Crippen LogP contribution in [0.5, 0.6) is 0 Å². The van der Waals surface area contributed by atoms with Gasteiger partial charge in [-0.15, -0.1) is 0 Å². The highest BCUT2D eigenvalue weighted by Gasteiger charge is 2.17. The Morgan fingerprint density at radius 2 is 1.74 bits per heavy atom. The van der Waals surface area contributed by atoms with Gasteiger partial charge in [-0.05, 0) is 50.3 Å². The topological polar surface area (TPSA) is 56.7 Å². The fourth-order valence-corrected chi connectivity index (χ4v) is 3.30. The van der Waals surface area contributed by atoms with Gasteiger partial charge in [0, 0.05) is 31.7 Å². The van der Waals surface area contributed by atoms with E-state index in [0.29, 0.717) is 6.54 Å². The lowest BCUT2D eigenvalue weighted by Crippen LogP contribution is -2.37. The number of carbonyl (C=O) groups is 1. The van der Waals surface area contributed by atoms with E-state index in [1.807, 2.05) is 29.2 Å². The summed E-state index contributed by atoms with van der Waals surface area (Å²) in [6.07, 6.45) is 8.46. The molecule has 1 aliphatic heterocycles. The van der Waals surface area contributed by atoms with Crippen LogP contribution in [0.25, 0.3) is 0 Å². The Balaban J connectivity index is 1.85. The monoisotopic (exact) mass is 372 g/mol. The zero-order valence-electron chi connectivity index (χ0n) is 17.1. The molecular formula is C22H36N4O. The van der Waals surface area contributed by atoms with Gasteiger partial charge in [0.1, 0.15) is 0 Å². The van der Waals surface area contributed by atoms with Crippen molar-refractivity contribution in [2.75, 3.05) is 26.2 Å². The molecule has 27 heavy (non-hydrogen) atoms. The minimum absolute atomic E-state index is 0.159. The molecule has 1 fully saturated rings. The second kappa shape index (κ2) is 12.4. The molecule has 0 aromatic heterocycles. The zero-order valence-corrected chi connectivity index (χ0v) is 17.1. The van der Waals surface area contributed by atoms with E-state index in [1.54, 1.807) is 0 Å². The van der Waals surface area contributed by atoms with Crippen LogP contribution in [0, 0.1) is 0 Å². The standard InChI is InChI=1S/C22H36N4O/c1-3-5-6-8-15-24-22(23-4-2)25-18-19-11-13-20(14-12-19)21(27)26-16-9-7-10-17-26/h11-14H,3-10,15-18H2,1-2H3,(H2,23,24,25). The summed E-state index contributed by atoms with van der Waals surface area (Å²) in [5, 5.41) is 6.70. The van der Waals surface area contributed by atoms with Gasteiger partial charge in [0.15, 0.2) is 5.96 Å². The number of nitrogens with zero attached hydrogens (tertiary/aromatic N) is 2. The molecule has 0 saturated carbocycles. The predicted molar refractivity (Wildman–Crippen MR) is 113 cm³/mol. The summed E-state index contributed by atoms with van der Waals surface area (Å²) in [5.41, 5.74) is 1.90. The quantitative estimate of drug-likeness (QED) is 0.392. The summed E-state index contributed by atoms with van der Waals surface area (Å²) in [6, 6.07) is 7.91. The number of nitrogens with one attached hydrogen (secondary N) is 2. The number of benzene rings is 1. The molecule has 5 nitrogen and oxygen atoms in total. The third-order valence-corrected chi connectivity index (χ3v) is 4.93. The predicted octanol–water partition coefficient (Wildman–Crippen LogP) is 3.95. The van der Waals surface area contributed by atoms with Crippen LogP contribution in [0.4, 0.5) is 0 Å². The van der Waals surface area contributed by atoms with Crippen LogP contribution in [0.1, 0.15) is 74.7 Å². The first-order valence-electron chi connectivity index (χ1n) is 10.6. The number of amides is 1. The molecule has 0 radical (unpaired) electrons. The Hall–Kier alpha value is -2.04. The van der Waals surface area contributed by atoms with E-state index in [1.165, 1.54) is 32.1 Å². The van der Waals surface area contributed by atoms with E-state index >= 15 is 0 Å². The van der Waals surface area contributed by atoms with Gasteiger partial charge >= 0.3 is 0 Å². The minimum atomic E-state index is 0.159. The molecule has 1 amide bonds. The van der Waals surface area contributed by atoms with E-state index in [-0.39, 0.29) is 5.91 Å². The first-order valence-corrected chi connectivity index (χ1v) is 10.6. The van der Waals surface area contributed by atoms with Crippen molar-refractivity contribution in [1.82, 2.24) is 15.5 Å². The van der Waals surface area contributed by atoms with Crippen molar-refractivity contribution in [1.29, 1.82) is 0 Å². The summed E-state index contributed by atoms with van der Waals surface area (Å²) in [5.74, 6) is 1.02. The van der Waals surface area contributed by atoms with E-state index in [4.69, 9.17) is 0 Å². The van der Waals surface area contributed by atoms with Gasteiger partial charge in [0.2, 0.25) is 0 Å². The SMILES string of the molecule is CCCCCCNC(=NCc1ccc(C(=O)N2CCCCC2)cc1)NCC. The number of hydrogen-bond donors (Lipinski definition) is 2. The van der Waals surface area contributed by atoms with Crippen LogP contribution in [0.15, 0.2) is 29.3 Å². The Bertz CT molecular complexity index is 576. The zero-order chi connectivity index (χ0) is 19.3. The van der Waals surface area contributed by atoms with Gasteiger partial charge in [0.05, 0.1) is 6.54 Å². The van der Waals surface area contributed by atoms with Crippen LogP contribution < -0.4 is 10.6 Å². The molecule has 150 valence electrons. The van der Waals surface area contributed by atoms with Crippen molar-refractivity contribution < 1.29 is 4.79 Å². The van der Waals surface area contributed by atoms with Gasteiger partial charge in [-0.25, -0.2) is 4.99 Å². The van der Waals surface area contributed by atoms with Crippen molar-refractivity contribution in [2.45, 2.75) is 65.3 Å². The van der Waals surface area contributed by atoms with Gasteiger partial charge in [-0.2, -0.15) is 0 Å². The Labute approximate surface area is 164 Å².